The molecule has 4 rings (SSSR count). The lowest BCUT2D eigenvalue weighted by Gasteiger charge is -2.15. The Morgan fingerprint density at radius 3 is 2.88 bits per heavy atom. The summed E-state index contributed by atoms with van der Waals surface area (Å²) in [6.07, 6.45) is 1.81. The van der Waals surface area contributed by atoms with E-state index in [0.717, 1.165) is 12.8 Å². The summed E-state index contributed by atoms with van der Waals surface area (Å²) in [5, 5.41) is 9.52. The maximum absolute atomic E-state index is 13.4. The van der Waals surface area contributed by atoms with E-state index in [0.29, 0.717) is 50.5 Å². The molecule has 1 unspecified atom stereocenters. The molecular formula is C21H20N4O4S3. The van der Waals surface area contributed by atoms with Gasteiger partial charge in [-0.15, -0.1) is 0 Å². The van der Waals surface area contributed by atoms with Crippen LogP contribution in [0, 0.1) is 15.3 Å². The Hall–Kier alpha value is -2.52. The third-order valence-corrected chi connectivity index (χ3v) is 7.17. The van der Waals surface area contributed by atoms with Crippen LogP contribution in [0.5, 0.6) is 0 Å². The molecule has 1 fully saturated rings. The maximum atomic E-state index is 13.4. The summed E-state index contributed by atoms with van der Waals surface area (Å²) in [7, 11) is 0. The van der Waals surface area contributed by atoms with E-state index in [1.165, 1.54) is 23.1 Å². The molecule has 0 amide bonds. The summed E-state index contributed by atoms with van der Waals surface area (Å²) >= 11 is 7.97. The molecule has 3 aromatic rings. The molecule has 11 heteroatoms. The van der Waals surface area contributed by atoms with Crippen LogP contribution in [0.3, 0.4) is 0 Å². The lowest BCUT2D eigenvalue weighted by atomic mass is 10.2. The van der Waals surface area contributed by atoms with Gasteiger partial charge in [-0.3, -0.25) is 13.9 Å². The number of fused-ring (bicyclic) bond motifs is 1. The molecule has 3 heterocycles. The molecule has 0 saturated carbocycles. The molecule has 1 atom stereocenters. The second kappa shape index (κ2) is 9.95. The van der Waals surface area contributed by atoms with Crippen LogP contribution in [0.1, 0.15) is 30.1 Å². The number of benzene rings is 1. The van der Waals surface area contributed by atoms with Gasteiger partial charge in [0.05, 0.1) is 36.6 Å². The number of carbonyl (C=O) groups excluding carboxylic acids is 1. The quantitative estimate of drug-likeness (QED) is 0.213. The SMILES string of the molecule is CCOC(=O)c1ccc(-n2c(=S)sc3c(=O)n(CC4CCCO4)c(SCC#N)nc32)cc1. The summed E-state index contributed by atoms with van der Waals surface area (Å²) in [5.41, 5.74) is 1.37. The second-order valence-electron chi connectivity index (χ2n) is 7.02. The predicted octanol–water partition coefficient (Wildman–Crippen LogP) is 3.95. The zero-order chi connectivity index (χ0) is 22.7. The first-order valence-corrected chi connectivity index (χ1v) is 12.3. The van der Waals surface area contributed by atoms with Crippen molar-refractivity contribution >= 4 is 51.6 Å². The van der Waals surface area contributed by atoms with E-state index in [1.807, 2.05) is 0 Å². The molecular weight excluding hydrogens is 468 g/mol. The molecule has 1 aliphatic heterocycles. The van der Waals surface area contributed by atoms with E-state index in [4.69, 9.17) is 31.9 Å². The molecule has 8 nitrogen and oxygen atoms in total. The number of hydrogen-bond donors (Lipinski definition) is 0. The highest BCUT2D eigenvalue weighted by atomic mass is 32.2. The van der Waals surface area contributed by atoms with Gasteiger partial charge in [-0.05, 0) is 56.2 Å². The van der Waals surface area contributed by atoms with Crippen molar-refractivity contribution in [3.05, 3.63) is 44.1 Å². The van der Waals surface area contributed by atoms with Crippen LogP contribution >= 0.6 is 35.3 Å². The number of thioether (sulfide) groups is 1. The Kier molecular flexibility index (Phi) is 7.05. The molecule has 166 valence electrons. The molecule has 32 heavy (non-hydrogen) atoms. The third-order valence-electron chi connectivity index (χ3n) is 4.97. The van der Waals surface area contributed by atoms with E-state index in [2.05, 4.69) is 6.07 Å². The van der Waals surface area contributed by atoms with E-state index in [9.17, 15) is 9.59 Å². The average Bonchev–Trinajstić information content (AvgIpc) is 3.42. The molecule has 1 saturated heterocycles. The Morgan fingerprint density at radius 2 is 2.22 bits per heavy atom. The number of thiazole rings is 1. The zero-order valence-electron chi connectivity index (χ0n) is 17.3. The number of esters is 1. The van der Waals surface area contributed by atoms with Crippen molar-refractivity contribution in [3.8, 4) is 11.8 Å². The lowest BCUT2D eigenvalue weighted by molar-refractivity contribution is 0.0526. The molecule has 0 bridgehead atoms. The average molecular weight is 489 g/mol. The van der Waals surface area contributed by atoms with Gasteiger partial charge in [0.2, 0.25) is 0 Å². The van der Waals surface area contributed by atoms with Crippen molar-refractivity contribution < 1.29 is 14.3 Å². The van der Waals surface area contributed by atoms with Gasteiger partial charge in [-0.2, -0.15) is 5.26 Å². The van der Waals surface area contributed by atoms with Crippen molar-refractivity contribution in [2.24, 2.45) is 0 Å². The molecule has 0 aliphatic carbocycles. The maximum Gasteiger partial charge on any atom is 0.338 e. The zero-order valence-corrected chi connectivity index (χ0v) is 19.7. The minimum absolute atomic E-state index is 0.0427. The molecule has 0 radical (unpaired) electrons. The Morgan fingerprint density at radius 1 is 1.44 bits per heavy atom. The van der Waals surface area contributed by atoms with Crippen LogP contribution in [-0.4, -0.2) is 45.2 Å². The molecule has 0 spiro atoms. The lowest BCUT2D eigenvalue weighted by Crippen LogP contribution is -2.28. The van der Waals surface area contributed by atoms with Gasteiger partial charge >= 0.3 is 5.97 Å². The van der Waals surface area contributed by atoms with Crippen LogP contribution < -0.4 is 5.56 Å². The van der Waals surface area contributed by atoms with Gasteiger partial charge in [0, 0.05) is 12.3 Å². The van der Waals surface area contributed by atoms with Gasteiger partial charge in [0.1, 0.15) is 4.70 Å². The predicted molar refractivity (Wildman–Crippen MR) is 125 cm³/mol. The second-order valence-corrected chi connectivity index (χ2v) is 9.60. The Balaban J connectivity index is 1.81. The van der Waals surface area contributed by atoms with Gasteiger partial charge in [-0.25, -0.2) is 9.78 Å². The Labute approximate surface area is 197 Å². The minimum Gasteiger partial charge on any atom is -0.462 e. The van der Waals surface area contributed by atoms with Crippen LogP contribution in [0.4, 0.5) is 0 Å². The van der Waals surface area contributed by atoms with E-state index >= 15 is 0 Å². The fraction of sp³-hybridized carbons (Fsp3) is 0.381. The van der Waals surface area contributed by atoms with Crippen molar-refractivity contribution in [3.63, 3.8) is 0 Å². The van der Waals surface area contributed by atoms with E-state index in [-0.39, 0.29) is 17.4 Å². The number of hydrogen-bond acceptors (Lipinski definition) is 9. The fourth-order valence-corrected chi connectivity index (χ4v) is 5.50. The third kappa shape index (κ3) is 4.49. The molecule has 2 aromatic heterocycles. The first kappa shape index (κ1) is 22.7. The van der Waals surface area contributed by atoms with Crippen LogP contribution in [0.25, 0.3) is 16.0 Å². The van der Waals surface area contributed by atoms with Crippen LogP contribution in [-0.2, 0) is 16.0 Å². The fourth-order valence-electron chi connectivity index (χ4n) is 3.52. The monoisotopic (exact) mass is 488 g/mol. The van der Waals surface area contributed by atoms with Crippen molar-refractivity contribution in [2.75, 3.05) is 19.0 Å². The molecule has 1 aliphatic rings. The van der Waals surface area contributed by atoms with Crippen LogP contribution in [0.15, 0.2) is 34.2 Å². The highest BCUT2D eigenvalue weighted by molar-refractivity contribution is 7.99. The Bertz CT molecular complexity index is 1300. The number of nitrogens with zero attached hydrogens (tertiary/aromatic N) is 4. The van der Waals surface area contributed by atoms with E-state index < -0.39 is 5.97 Å². The van der Waals surface area contributed by atoms with Gasteiger partial charge in [-0.1, -0.05) is 23.1 Å². The highest BCUT2D eigenvalue weighted by Crippen LogP contribution is 2.27. The molecule has 0 N–H and O–H groups in total. The topological polar surface area (TPSA) is 99.1 Å². The van der Waals surface area contributed by atoms with Gasteiger partial charge < -0.3 is 9.47 Å². The van der Waals surface area contributed by atoms with Crippen LogP contribution in [0.2, 0.25) is 0 Å². The normalized spacial score (nSPS) is 15.7. The summed E-state index contributed by atoms with van der Waals surface area (Å²) in [6.45, 7) is 3.13. The summed E-state index contributed by atoms with van der Waals surface area (Å²) in [4.78, 5) is 30.1. The van der Waals surface area contributed by atoms with Gasteiger partial charge in [0.25, 0.3) is 5.56 Å². The van der Waals surface area contributed by atoms with E-state index in [1.54, 1.807) is 40.3 Å². The first-order chi connectivity index (χ1) is 15.5. The number of ether oxygens (including phenoxy) is 2. The van der Waals surface area contributed by atoms with Crippen molar-refractivity contribution in [2.45, 2.75) is 37.6 Å². The number of rotatable bonds is 7. The van der Waals surface area contributed by atoms with Crippen molar-refractivity contribution in [1.29, 1.82) is 5.26 Å². The number of nitriles is 1. The summed E-state index contributed by atoms with van der Waals surface area (Å²) in [5.74, 6) is -0.231. The highest BCUT2D eigenvalue weighted by Gasteiger charge is 2.22. The standard InChI is InChI=1S/C21H20N4O4S3/c1-2-28-19(27)13-5-7-14(8-6-13)25-17-16(32-21(25)30)18(26)24(12-15-4-3-10-29-15)20(23-17)31-11-9-22/h5-8,15H,2-4,10-12H2,1H3. The first-order valence-electron chi connectivity index (χ1n) is 10.1. The summed E-state index contributed by atoms with van der Waals surface area (Å²) in [6, 6.07) is 8.89. The minimum atomic E-state index is -0.400. The summed E-state index contributed by atoms with van der Waals surface area (Å²) < 4.78 is 15.0. The number of carbonyl (C=O) groups is 1. The van der Waals surface area contributed by atoms with Crippen molar-refractivity contribution in [1.82, 2.24) is 14.1 Å². The smallest absolute Gasteiger partial charge is 0.338 e. The largest absolute Gasteiger partial charge is 0.462 e. The van der Waals surface area contributed by atoms with Gasteiger partial charge in [0.15, 0.2) is 14.8 Å². The molecule has 1 aromatic carbocycles. The number of aromatic nitrogens is 3.